The van der Waals surface area contributed by atoms with Gasteiger partial charge in [0, 0.05) is 0 Å². The van der Waals surface area contributed by atoms with Crippen molar-refractivity contribution in [1.82, 2.24) is 0 Å². The molecule has 0 saturated heterocycles. The molecule has 126 valence electrons. The molecule has 0 amide bonds. The van der Waals surface area contributed by atoms with Gasteiger partial charge in [-0.25, -0.2) is 0 Å². The maximum absolute atomic E-state index is 10.5. The molecule has 0 fully saturated rings. The van der Waals surface area contributed by atoms with Crippen LogP contribution in [0.3, 0.4) is 0 Å². The number of halogens is 9. The van der Waals surface area contributed by atoms with Crippen LogP contribution >= 0.6 is 0 Å². The first-order valence-corrected chi connectivity index (χ1v) is 3.68. The Hall–Kier alpha value is -0.856. The standard InChI is InChI=1S/3C2HF3O2.Pr/c3*3-2(4,5)1(6)7;/h3*(H,6,7);/q;;;+3/p-3. The van der Waals surface area contributed by atoms with Crippen molar-refractivity contribution in [3.63, 3.8) is 0 Å². The largest absolute Gasteiger partial charge is 3.00 e. The first kappa shape index (κ1) is 29.2. The molecular formula is C6F9O6Pr. The first-order chi connectivity index (χ1) is 8.83. The van der Waals surface area contributed by atoms with Crippen molar-refractivity contribution in [3.8, 4) is 0 Å². The third kappa shape index (κ3) is 21.4. The van der Waals surface area contributed by atoms with E-state index in [4.69, 9.17) is 29.7 Å². The summed E-state index contributed by atoms with van der Waals surface area (Å²) >= 11 is 0. The summed E-state index contributed by atoms with van der Waals surface area (Å²) in [4.78, 5) is 26.4. The van der Waals surface area contributed by atoms with Gasteiger partial charge in [-0.15, -0.1) is 0 Å². The van der Waals surface area contributed by atoms with Crippen LogP contribution in [-0.2, 0) is 14.4 Å². The molecule has 16 heteroatoms. The van der Waals surface area contributed by atoms with Crippen LogP contribution in [-0.4, -0.2) is 36.4 Å². The van der Waals surface area contributed by atoms with Crippen molar-refractivity contribution in [2.45, 2.75) is 18.5 Å². The van der Waals surface area contributed by atoms with Crippen molar-refractivity contribution in [2.24, 2.45) is 0 Å². The van der Waals surface area contributed by atoms with Gasteiger partial charge in [-0.2, -0.15) is 39.5 Å². The Morgan fingerprint density at radius 2 is 0.545 bits per heavy atom. The average Bonchev–Trinajstić information content (AvgIpc) is 2.14. The van der Waals surface area contributed by atoms with Gasteiger partial charge in [0.2, 0.25) is 0 Å². The predicted molar refractivity (Wildman–Crippen MR) is 33.2 cm³/mol. The molecule has 0 saturated carbocycles. The van der Waals surface area contributed by atoms with E-state index in [1.54, 1.807) is 0 Å². The maximum atomic E-state index is 10.5. The summed E-state index contributed by atoms with van der Waals surface area (Å²) in [5.41, 5.74) is 0. The van der Waals surface area contributed by atoms with Crippen LogP contribution in [0.25, 0.3) is 0 Å². The SMILES string of the molecule is O=C([O-])C(F)(F)F.O=C([O-])C(F)(F)F.O=C([O-])C(F)(F)F.[Pr+3]. The average molecular weight is 480 g/mol. The molecule has 0 aromatic rings. The topological polar surface area (TPSA) is 120 Å². The number of carbonyl (C=O) groups excluding carboxylic acids is 3. The van der Waals surface area contributed by atoms with E-state index in [1.165, 1.54) is 0 Å². The number of alkyl halides is 9. The van der Waals surface area contributed by atoms with E-state index in [9.17, 15) is 39.5 Å². The fourth-order valence-corrected chi connectivity index (χ4v) is 0. The van der Waals surface area contributed by atoms with Crippen molar-refractivity contribution >= 4 is 17.9 Å². The Morgan fingerprint density at radius 3 is 0.545 bits per heavy atom. The van der Waals surface area contributed by atoms with E-state index < -0.39 is 36.4 Å². The van der Waals surface area contributed by atoms with E-state index in [2.05, 4.69) is 0 Å². The van der Waals surface area contributed by atoms with E-state index in [1.807, 2.05) is 0 Å². The van der Waals surface area contributed by atoms with Gasteiger partial charge in [-0.3, -0.25) is 0 Å². The third-order valence-corrected chi connectivity index (χ3v) is 0.694. The van der Waals surface area contributed by atoms with Crippen LogP contribution in [0.1, 0.15) is 0 Å². The number of carboxylic acid groups (broad SMARTS) is 3. The summed E-state index contributed by atoms with van der Waals surface area (Å²) in [6, 6.07) is 0. The van der Waals surface area contributed by atoms with Crippen molar-refractivity contribution < 1.29 is 111 Å². The summed E-state index contributed by atoms with van der Waals surface area (Å²) in [5.74, 6) is -9.02. The minimum absolute atomic E-state index is 0. The number of carbonyl (C=O) groups is 3. The second-order valence-electron chi connectivity index (χ2n) is 2.36. The first-order valence-electron chi connectivity index (χ1n) is 3.68. The van der Waals surface area contributed by atoms with Crippen LogP contribution < -0.4 is 15.3 Å². The molecule has 0 atom stereocenters. The van der Waals surface area contributed by atoms with E-state index in [-0.39, 0.29) is 41.3 Å². The van der Waals surface area contributed by atoms with E-state index >= 15 is 0 Å². The van der Waals surface area contributed by atoms with Crippen LogP contribution in [0.5, 0.6) is 0 Å². The Bertz CT molecular complexity index is 313. The van der Waals surface area contributed by atoms with Crippen molar-refractivity contribution in [1.29, 1.82) is 0 Å². The number of aliphatic carboxylic acids is 3. The predicted octanol–water partition coefficient (Wildman–Crippen LogP) is -2.10. The number of carboxylic acids is 3. The Morgan fingerprint density at radius 1 is 0.500 bits per heavy atom. The molecule has 0 N–H and O–H groups in total. The fourth-order valence-electron chi connectivity index (χ4n) is 0. The van der Waals surface area contributed by atoms with Gasteiger partial charge >= 0.3 is 59.8 Å². The molecule has 0 heterocycles. The molecule has 0 unspecified atom stereocenters. The molecule has 0 bridgehead atoms. The van der Waals surface area contributed by atoms with E-state index in [0.29, 0.717) is 0 Å². The summed E-state index contributed by atoms with van der Waals surface area (Å²) in [7, 11) is 0. The molecule has 22 heavy (non-hydrogen) atoms. The Labute approximate surface area is 146 Å². The molecular weight excluding hydrogens is 480 g/mol. The molecule has 0 aliphatic heterocycles. The smallest absolute Gasteiger partial charge is 0.542 e. The van der Waals surface area contributed by atoms with Crippen LogP contribution in [0.2, 0.25) is 0 Å². The number of hydrogen-bond donors (Lipinski definition) is 0. The summed E-state index contributed by atoms with van der Waals surface area (Å²) in [6.45, 7) is 0. The molecule has 6 nitrogen and oxygen atoms in total. The zero-order chi connectivity index (χ0) is 18.2. The minimum Gasteiger partial charge on any atom is -0.542 e. The monoisotopic (exact) mass is 480 g/mol. The van der Waals surface area contributed by atoms with Gasteiger partial charge in [0.25, 0.3) is 0 Å². The minimum atomic E-state index is -5.19. The summed E-state index contributed by atoms with van der Waals surface area (Å²) in [6.07, 6.45) is -15.6. The second-order valence-corrected chi connectivity index (χ2v) is 2.36. The van der Waals surface area contributed by atoms with Crippen LogP contribution in [0, 0.1) is 41.3 Å². The second kappa shape index (κ2) is 10.8. The molecule has 0 spiro atoms. The van der Waals surface area contributed by atoms with Crippen LogP contribution in [0.4, 0.5) is 39.5 Å². The zero-order valence-electron chi connectivity index (χ0n) is 9.43. The van der Waals surface area contributed by atoms with Gasteiger partial charge in [-0.1, -0.05) is 0 Å². The van der Waals surface area contributed by atoms with E-state index in [0.717, 1.165) is 0 Å². The van der Waals surface area contributed by atoms with Gasteiger partial charge in [-0.05, 0) is 0 Å². The fraction of sp³-hybridized carbons (Fsp3) is 0.500. The summed E-state index contributed by atoms with van der Waals surface area (Å²) < 4.78 is 94.6. The number of hydrogen-bond acceptors (Lipinski definition) is 6. The van der Waals surface area contributed by atoms with Gasteiger partial charge < -0.3 is 29.7 Å². The molecule has 0 rings (SSSR count). The zero-order valence-corrected chi connectivity index (χ0v) is 13.1. The molecule has 0 aromatic heterocycles. The molecule has 0 radical (unpaired) electrons. The van der Waals surface area contributed by atoms with Gasteiger partial charge in [0.05, 0.1) is 0 Å². The van der Waals surface area contributed by atoms with Gasteiger partial charge in [0.1, 0.15) is 17.9 Å². The van der Waals surface area contributed by atoms with Crippen molar-refractivity contribution in [3.05, 3.63) is 0 Å². The van der Waals surface area contributed by atoms with Crippen molar-refractivity contribution in [2.75, 3.05) is 0 Å². The van der Waals surface area contributed by atoms with Crippen LogP contribution in [0.15, 0.2) is 0 Å². The Kier molecular flexibility index (Phi) is 14.3. The third-order valence-electron chi connectivity index (χ3n) is 0.694. The molecule has 0 aliphatic carbocycles. The Balaban J connectivity index is -0.000000108. The van der Waals surface area contributed by atoms with Gasteiger partial charge in [0.15, 0.2) is 0 Å². The molecule has 0 aliphatic rings. The maximum Gasteiger partial charge on any atom is 3.00 e. The summed E-state index contributed by atoms with van der Waals surface area (Å²) in [5, 5.41) is 26.4. The quantitative estimate of drug-likeness (QED) is 0.367. The molecule has 0 aromatic carbocycles. The normalized spacial score (nSPS) is 10.8. The number of rotatable bonds is 0.